The Labute approximate surface area is 130 Å². The van der Waals surface area contributed by atoms with Crippen molar-refractivity contribution >= 4 is 34.8 Å². The van der Waals surface area contributed by atoms with Gasteiger partial charge in [0.15, 0.2) is 0 Å². The summed E-state index contributed by atoms with van der Waals surface area (Å²) >= 11 is 11.5. The van der Waals surface area contributed by atoms with Gasteiger partial charge in [0.2, 0.25) is 0 Å². The second kappa shape index (κ2) is 6.64. The molecule has 0 aliphatic heterocycles. The van der Waals surface area contributed by atoms with E-state index in [2.05, 4.69) is 22.1 Å². The van der Waals surface area contributed by atoms with Gasteiger partial charge in [-0.3, -0.25) is 4.79 Å². The van der Waals surface area contributed by atoms with Gasteiger partial charge in [-0.2, -0.15) is 0 Å². The van der Waals surface area contributed by atoms with Crippen molar-refractivity contribution in [3.05, 3.63) is 51.5 Å². The zero-order valence-electron chi connectivity index (χ0n) is 10.6. The van der Waals surface area contributed by atoms with Crippen molar-refractivity contribution in [2.45, 2.75) is 0 Å². The number of nitrogens with two attached hydrogens (primary N) is 1. The Bertz CT molecular complexity index is 727. The number of rotatable bonds is 2. The first-order valence-electron chi connectivity index (χ1n) is 5.85. The first-order chi connectivity index (χ1) is 10.0. The van der Waals surface area contributed by atoms with Crippen molar-refractivity contribution in [1.29, 1.82) is 0 Å². The highest BCUT2D eigenvalue weighted by Crippen LogP contribution is 2.22. The number of hydrogen-bond acceptors (Lipinski definition) is 2. The summed E-state index contributed by atoms with van der Waals surface area (Å²) in [6, 6.07) is 5.55. The molecule has 21 heavy (non-hydrogen) atoms. The second-order valence-electron chi connectivity index (χ2n) is 4.00. The number of carbonyl (C=O) groups excluding carboxylic acids is 1. The van der Waals surface area contributed by atoms with Gasteiger partial charge in [-0.15, -0.1) is 0 Å². The van der Waals surface area contributed by atoms with Gasteiger partial charge >= 0.3 is 0 Å². The number of aromatic amines is 1. The fourth-order valence-electron chi connectivity index (χ4n) is 1.57. The second-order valence-corrected chi connectivity index (χ2v) is 4.78. The van der Waals surface area contributed by atoms with Crippen molar-refractivity contribution in [2.24, 2.45) is 5.73 Å². The third-order valence-corrected chi connectivity index (χ3v) is 3.21. The molecule has 1 amide bonds. The lowest BCUT2D eigenvalue weighted by Gasteiger charge is -2.04. The lowest BCUT2D eigenvalue weighted by Crippen LogP contribution is -2.12. The number of carbonyl (C=O) groups is 1. The van der Waals surface area contributed by atoms with E-state index in [1.165, 1.54) is 24.3 Å². The van der Waals surface area contributed by atoms with Gasteiger partial charge in [0.1, 0.15) is 16.7 Å². The molecule has 0 unspecified atom stereocenters. The number of amides is 1. The number of benzene rings is 1. The number of aromatic nitrogens is 1. The minimum absolute atomic E-state index is 0.145. The van der Waals surface area contributed by atoms with Crippen molar-refractivity contribution in [3.63, 3.8) is 0 Å². The van der Waals surface area contributed by atoms with Crippen LogP contribution >= 0.6 is 23.2 Å². The number of hydrogen-bond donors (Lipinski definition) is 3. The molecular weight excluding hydrogens is 316 g/mol. The molecule has 0 radical (unpaired) electrons. The monoisotopic (exact) mass is 325 g/mol. The summed E-state index contributed by atoms with van der Waals surface area (Å²) in [7, 11) is 0. The minimum atomic E-state index is -0.545. The molecule has 2 rings (SSSR count). The predicted octanol–water partition coefficient (Wildman–Crippen LogP) is 3.02. The third kappa shape index (κ3) is 3.76. The summed E-state index contributed by atoms with van der Waals surface area (Å²) in [5.74, 6) is 4.12. The highest BCUT2D eigenvalue weighted by molar-refractivity contribution is 6.41. The smallest absolute Gasteiger partial charge is 0.272 e. The zero-order valence-corrected chi connectivity index (χ0v) is 12.1. The van der Waals surface area contributed by atoms with Crippen LogP contribution < -0.4 is 11.1 Å². The molecule has 4 N–H and O–H groups in total. The van der Waals surface area contributed by atoms with E-state index in [1.807, 2.05) is 0 Å². The van der Waals surface area contributed by atoms with Crippen LogP contribution in [-0.2, 0) is 0 Å². The molecule has 0 saturated heterocycles. The molecule has 0 atom stereocenters. The summed E-state index contributed by atoms with van der Waals surface area (Å²) in [4.78, 5) is 14.5. The van der Waals surface area contributed by atoms with Crippen LogP contribution in [0.2, 0.25) is 10.2 Å². The Morgan fingerprint density at radius 3 is 2.71 bits per heavy atom. The molecule has 0 spiro atoms. The Hall–Kier alpha value is -2.00. The summed E-state index contributed by atoms with van der Waals surface area (Å²) < 4.78 is 13.7. The first kappa shape index (κ1) is 15.4. The minimum Gasteiger partial charge on any atom is -0.340 e. The van der Waals surface area contributed by atoms with Crippen LogP contribution in [0.5, 0.6) is 0 Å². The molecule has 0 aliphatic carbocycles. The quantitative estimate of drug-likeness (QED) is 0.743. The topological polar surface area (TPSA) is 70.9 Å². The van der Waals surface area contributed by atoms with E-state index in [4.69, 9.17) is 28.9 Å². The van der Waals surface area contributed by atoms with E-state index in [1.54, 1.807) is 0 Å². The number of halogens is 3. The lowest BCUT2D eigenvalue weighted by atomic mass is 10.2. The summed E-state index contributed by atoms with van der Waals surface area (Å²) in [5, 5.41) is 2.93. The highest BCUT2D eigenvalue weighted by atomic mass is 35.5. The van der Waals surface area contributed by atoms with Gasteiger partial charge in [-0.25, -0.2) is 4.39 Å². The average Bonchev–Trinajstić information content (AvgIpc) is 2.78. The van der Waals surface area contributed by atoms with E-state index >= 15 is 0 Å². The highest BCUT2D eigenvalue weighted by Gasteiger charge is 2.12. The van der Waals surface area contributed by atoms with Crippen LogP contribution in [0.3, 0.4) is 0 Å². The van der Waals surface area contributed by atoms with Crippen LogP contribution in [-0.4, -0.2) is 17.4 Å². The largest absolute Gasteiger partial charge is 0.340 e. The van der Waals surface area contributed by atoms with Gasteiger partial charge in [-0.1, -0.05) is 35.0 Å². The summed E-state index contributed by atoms with van der Waals surface area (Å²) in [6.45, 7) is 0.145. The number of H-pyrrole nitrogens is 1. The van der Waals surface area contributed by atoms with Crippen LogP contribution in [0, 0.1) is 17.7 Å². The Kier molecular flexibility index (Phi) is 4.86. The maximum absolute atomic E-state index is 13.7. The fraction of sp³-hybridized carbons (Fsp3) is 0.0714. The van der Waals surface area contributed by atoms with Gasteiger partial charge in [0.05, 0.1) is 17.1 Å². The average molecular weight is 326 g/mol. The van der Waals surface area contributed by atoms with Crippen molar-refractivity contribution in [1.82, 2.24) is 4.98 Å². The number of nitrogens with one attached hydrogen (secondary N) is 2. The molecule has 108 valence electrons. The van der Waals surface area contributed by atoms with Crippen molar-refractivity contribution in [2.75, 3.05) is 11.9 Å². The molecule has 7 heteroatoms. The van der Waals surface area contributed by atoms with Gasteiger partial charge in [-0.05, 0) is 24.3 Å². The van der Waals surface area contributed by atoms with Crippen LogP contribution in [0.15, 0.2) is 24.3 Å². The molecule has 0 saturated carbocycles. The zero-order chi connectivity index (χ0) is 15.4. The van der Waals surface area contributed by atoms with Gasteiger partial charge in [0, 0.05) is 5.69 Å². The Morgan fingerprint density at radius 1 is 1.38 bits per heavy atom. The van der Waals surface area contributed by atoms with E-state index < -0.39 is 11.7 Å². The lowest BCUT2D eigenvalue weighted by molar-refractivity contribution is 0.102. The molecule has 0 bridgehead atoms. The summed E-state index contributed by atoms with van der Waals surface area (Å²) in [6.07, 6.45) is 0. The van der Waals surface area contributed by atoms with Gasteiger partial charge < -0.3 is 16.0 Å². The van der Waals surface area contributed by atoms with Crippen LogP contribution in [0.25, 0.3) is 0 Å². The molecule has 1 heterocycles. The molecule has 1 aromatic carbocycles. The fourth-order valence-corrected chi connectivity index (χ4v) is 1.88. The normalized spacial score (nSPS) is 9.90. The van der Waals surface area contributed by atoms with Crippen LogP contribution in [0.4, 0.5) is 10.1 Å². The number of anilines is 1. The van der Waals surface area contributed by atoms with Crippen molar-refractivity contribution in [3.8, 4) is 11.8 Å². The maximum Gasteiger partial charge on any atom is 0.272 e. The molecule has 1 aromatic heterocycles. The van der Waals surface area contributed by atoms with E-state index in [0.29, 0.717) is 0 Å². The van der Waals surface area contributed by atoms with E-state index in [9.17, 15) is 9.18 Å². The van der Waals surface area contributed by atoms with Crippen molar-refractivity contribution < 1.29 is 9.18 Å². The molecule has 4 nitrogen and oxygen atoms in total. The molecule has 0 fully saturated rings. The molecule has 0 aliphatic rings. The summed E-state index contributed by atoms with van der Waals surface area (Å²) in [5.41, 5.74) is 5.90. The third-order valence-electron chi connectivity index (χ3n) is 2.52. The van der Waals surface area contributed by atoms with E-state index in [0.717, 1.165) is 0 Å². The molecular formula is C14H10Cl2FN3O. The standard InChI is InChI=1S/C14H10Cl2FN3O/c15-10-7-12(20-13(10)16)14(21)19-9-4-3-8(2-1-5-18)11(17)6-9/h3-4,6-7,20H,5,18H2,(H,19,21). The maximum atomic E-state index is 13.7. The predicted molar refractivity (Wildman–Crippen MR) is 81.1 cm³/mol. The van der Waals surface area contributed by atoms with E-state index in [-0.39, 0.29) is 33.7 Å². The molecule has 2 aromatic rings. The van der Waals surface area contributed by atoms with Crippen LogP contribution in [0.1, 0.15) is 16.1 Å². The first-order valence-corrected chi connectivity index (χ1v) is 6.60. The Morgan fingerprint density at radius 2 is 2.14 bits per heavy atom. The SMILES string of the molecule is NCC#Cc1ccc(NC(=O)c2cc(Cl)c(Cl)[nH]2)cc1F. The Balaban J connectivity index is 2.16. The van der Waals surface area contributed by atoms with Gasteiger partial charge in [0.25, 0.3) is 5.91 Å².